The number of rotatable bonds is 25. The Kier molecular flexibility index (Phi) is 28.8. The van der Waals surface area contributed by atoms with E-state index in [-0.39, 0.29) is 42.2 Å². The van der Waals surface area contributed by atoms with Gasteiger partial charge in [-0.1, -0.05) is 83.0 Å². The second kappa shape index (κ2) is 34.2. The minimum Gasteiger partial charge on any atom is -0.455 e. The van der Waals surface area contributed by atoms with Crippen LogP contribution in [0.15, 0.2) is 60.7 Å². The Morgan fingerprint density at radius 2 is 1.06 bits per heavy atom. The maximum Gasteiger partial charge on any atom is 0.303 e. The number of likely N-dealkylation sites (tertiary alicyclic amines) is 2. The van der Waals surface area contributed by atoms with Gasteiger partial charge >= 0.3 is 17.9 Å². The average molecular weight is 1140 g/mol. The predicted octanol–water partition coefficient (Wildman–Crippen LogP) is 5.86. The van der Waals surface area contributed by atoms with Crippen LogP contribution in [0.3, 0.4) is 0 Å². The molecule has 0 aromatic heterocycles. The van der Waals surface area contributed by atoms with Gasteiger partial charge in [0.1, 0.15) is 42.0 Å². The molecule has 23 heteroatoms. The number of hydrogen-bond acceptors (Lipinski definition) is 15. The van der Waals surface area contributed by atoms with Crippen LogP contribution in [-0.4, -0.2) is 155 Å². The Balaban J connectivity index is 0.000000436. The van der Waals surface area contributed by atoms with Gasteiger partial charge in [0.15, 0.2) is 30.5 Å². The normalized spacial score (nSPS) is 19.5. The second-order valence-electron chi connectivity index (χ2n) is 20.0. The number of allylic oxidation sites excluding steroid dienone is 2. The molecule has 5 N–H and O–H groups in total. The van der Waals surface area contributed by atoms with Crippen LogP contribution in [0.4, 0.5) is 20.2 Å². The Hall–Kier alpha value is -7.15. The SMILES string of the molecule is [C-]#[N+]c1ccc(CN2CCCC[C@H](NC(=O)[C@H](OC)[C@H](O)[C@@H](O)[C@H](O)/C=C/C(C)CC)C2=O)cc1F.[C-]#[N+]c1ccc(CN2CCCC[C@H](NC(=O)[C@H](OC)[C@H](OC(C)=O)[C@@H](OC(C)=O)[C@@H](/C=C/C(C)CC)OC(C)=O)C2=O)cc1F. The van der Waals surface area contributed by atoms with E-state index in [1.54, 1.807) is 24.3 Å². The van der Waals surface area contributed by atoms with Crippen molar-refractivity contribution in [3.05, 3.63) is 106 Å². The van der Waals surface area contributed by atoms with Crippen LogP contribution in [0.5, 0.6) is 0 Å². The Morgan fingerprint density at radius 1 is 0.642 bits per heavy atom. The topological polar surface area (TPSA) is 266 Å². The van der Waals surface area contributed by atoms with Crippen LogP contribution in [0, 0.1) is 36.6 Å². The van der Waals surface area contributed by atoms with E-state index >= 15 is 0 Å². The smallest absolute Gasteiger partial charge is 0.303 e. The summed E-state index contributed by atoms with van der Waals surface area (Å²) in [6, 6.07) is 6.39. The number of amides is 4. The zero-order valence-corrected chi connectivity index (χ0v) is 47.5. The molecule has 2 aliphatic heterocycles. The number of aliphatic hydroxyl groups excluding tert-OH is 3. The lowest BCUT2D eigenvalue weighted by Gasteiger charge is -2.34. The minimum atomic E-state index is -1.74. The van der Waals surface area contributed by atoms with Crippen molar-refractivity contribution in [1.29, 1.82) is 0 Å². The van der Waals surface area contributed by atoms with Gasteiger partial charge in [0.2, 0.25) is 23.2 Å². The van der Waals surface area contributed by atoms with Crippen LogP contribution >= 0.6 is 0 Å². The number of hydrogen-bond donors (Lipinski definition) is 5. The Labute approximate surface area is 472 Å². The van der Waals surface area contributed by atoms with Gasteiger partial charge in [0.25, 0.3) is 11.8 Å². The van der Waals surface area contributed by atoms with E-state index in [0.29, 0.717) is 62.7 Å². The molecular formula is C58H78F2N6O15. The molecule has 444 valence electrons. The molecule has 81 heavy (non-hydrogen) atoms. The highest BCUT2D eigenvalue weighted by Gasteiger charge is 2.45. The van der Waals surface area contributed by atoms with Crippen molar-refractivity contribution in [3.63, 3.8) is 0 Å². The van der Waals surface area contributed by atoms with E-state index in [1.165, 1.54) is 60.4 Å². The minimum absolute atomic E-state index is 0.0565. The molecule has 2 aromatic carbocycles. The van der Waals surface area contributed by atoms with E-state index in [9.17, 15) is 57.7 Å². The third-order valence-corrected chi connectivity index (χ3v) is 13.6. The fraction of sp³-hybridized carbons (Fsp3) is 0.569. The maximum absolute atomic E-state index is 14.2. The number of halogens is 2. The second-order valence-corrected chi connectivity index (χ2v) is 20.0. The van der Waals surface area contributed by atoms with Gasteiger partial charge in [0, 0.05) is 61.2 Å². The first kappa shape index (κ1) is 68.1. The lowest BCUT2D eigenvalue weighted by Crippen LogP contribution is -2.58. The van der Waals surface area contributed by atoms with Crippen LogP contribution in [0.2, 0.25) is 0 Å². The number of aliphatic hydroxyl groups is 3. The van der Waals surface area contributed by atoms with Crippen molar-refractivity contribution in [1.82, 2.24) is 20.4 Å². The molecule has 4 amide bonds. The molecule has 12 atom stereocenters. The summed E-state index contributed by atoms with van der Waals surface area (Å²) in [5.41, 5.74) is 0.777. The summed E-state index contributed by atoms with van der Waals surface area (Å²) in [5, 5.41) is 36.4. The van der Waals surface area contributed by atoms with Crippen molar-refractivity contribution in [2.45, 2.75) is 174 Å². The first-order chi connectivity index (χ1) is 38.4. The lowest BCUT2D eigenvalue weighted by atomic mass is 9.98. The van der Waals surface area contributed by atoms with Gasteiger partial charge in [-0.3, -0.25) is 33.6 Å². The number of nitrogens with zero attached hydrogens (tertiary/aromatic N) is 4. The number of methoxy groups -OCH3 is 2. The highest BCUT2D eigenvalue weighted by Crippen LogP contribution is 2.26. The van der Waals surface area contributed by atoms with Crippen molar-refractivity contribution in [2.75, 3.05) is 27.3 Å². The maximum atomic E-state index is 14.2. The molecule has 21 nitrogen and oxygen atoms in total. The van der Waals surface area contributed by atoms with Crippen LogP contribution in [0.25, 0.3) is 9.69 Å². The largest absolute Gasteiger partial charge is 0.455 e. The van der Waals surface area contributed by atoms with E-state index in [2.05, 4.69) is 20.3 Å². The standard InChI is InChI=1S/C32H42FN3O9.C26H36FN3O6/c1-8-19(2)12-15-27(43-20(3)37)28(44-21(4)38)29(45-22(5)39)30(42-7)31(40)35-26-11-9-10-16-36(32(26)41)18-23-13-14-25(34-6)24(33)17-23;1-5-16(2)9-12-21(31)22(32)23(33)24(36-4)25(34)29-20-8-6-7-13-30(26(20)35)15-17-10-11-19(28-3)18(27)14-17/h12-15,17,19,26-30H,8-11,16,18H2,1-5,7H3,(H,35,40);9-12,14,16,20-24,31-33H,5-8,13,15H2,1-2,4H3,(H,29,34)/b15-12+;12-9+/t19?,26-,27+,28-,29+,30+;16?,20-,21+,22-,23+,24+/m00/s1. The number of carbonyl (C=O) groups excluding carboxylic acids is 7. The van der Waals surface area contributed by atoms with Gasteiger partial charge in [-0.2, -0.15) is 0 Å². The highest BCUT2D eigenvalue weighted by molar-refractivity contribution is 5.91. The number of nitrogens with one attached hydrogen (secondary N) is 2. The number of ether oxygens (including phenoxy) is 5. The molecule has 2 unspecified atom stereocenters. The zero-order chi connectivity index (χ0) is 60.5. The first-order valence-electron chi connectivity index (χ1n) is 26.9. The monoisotopic (exact) mass is 1140 g/mol. The molecule has 0 bridgehead atoms. The molecule has 0 radical (unpaired) electrons. The summed E-state index contributed by atoms with van der Waals surface area (Å²) in [7, 11) is 2.37. The zero-order valence-electron chi connectivity index (χ0n) is 47.5. The van der Waals surface area contributed by atoms with Crippen molar-refractivity contribution < 1.29 is 81.3 Å². The molecule has 4 rings (SSSR count). The predicted molar refractivity (Wildman–Crippen MR) is 291 cm³/mol. The van der Waals surface area contributed by atoms with Crippen molar-refractivity contribution in [2.24, 2.45) is 11.8 Å². The molecule has 0 saturated carbocycles. The van der Waals surface area contributed by atoms with E-state index < -0.39 is 108 Å². The summed E-state index contributed by atoms with van der Waals surface area (Å²) < 4.78 is 55.2. The van der Waals surface area contributed by atoms with E-state index in [4.69, 9.17) is 36.8 Å². The third kappa shape index (κ3) is 21.4. The first-order valence-corrected chi connectivity index (χ1v) is 26.9. The lowest BCUT2D eigenvalue weighted by molar-refractivity contribution is -0.192. The van der Waals surface area contributed by atoms with E-state index in [1.807, 2.05) is 27.7 Å². The van der Waals surface area contributed by atoms with Gasteiger partial charge in [-0.15, -0.1) is 0 Å². The number of benzene rings is 2. The summed E-state index contributed by atoms with van der Waals surface area (Å²) in [4.78, 5) is 99.0. The van der Waals surface area contributed by atoms with Crippen LogP contribution < -0.4 is 10.6 Å². The number of carbonyl (C=O) groups is 7. The summed E-state index contributed by atoms with van der Waals surface area (Å²) >= 11 is 0. The Morgan fingerprint density at radius 3 is 1.46 bits per heavy atom. The summed E-state index contributed by atoms with van der Waals surface area (Å²) in [6.07, 6.45) is -1.13. The molecule has 2 aliphatic rings. The molecule has 2 saturated heterocycles. The quantitative estimate of drug-likeness (QED) is 0.0337. The van der Waals surface area contributed by atoms with Gasteiger partial charge in [0.05, 0.1) is 13.1 Å². The van der Waals surface area contributed by atoms with Gasteiger partial charge in [-0.25, -0.2) is 18.5 Å². The fourth-order valence-electron chi connectivity index (χ4n) is 8.79. The molecule has 0 aliphatic carbocycles. The third-order valence-electron chi connectivity index (χ3n) is 13.6. The fourth-order valence-corrected chi connectivity index (χ4v) is 8.79. The van der Waals surface area contributed by atoms with Gasteiger partial charge in [-0.05, 0) is 79.7 Å². The average Bonchev–Trinajstić information content (AvgIpc) is 3.70. The van der Waals surface area contributed by atoms with Crippen LogP contribution in [0.1, 0.15) is 111 Å². The van der Waals surface area contributed by atoms with Crippen LogP contribution in [-0.2, 0) is 70.3 Å². The summed E-state index contributed by atoms with van der Waals surface area (Å²) in [6.45, 7) is 26.1. The molecule has 2 aromatic rings. The molecule has 0 spiro atoms. The Bertz CT molecular complexity index is 2610. The number of esters is 3. The molecular weight excluding hydrogens is 1060 g/mol. The van der Waals surface area contributed by atoms with Crippen molar-refractivity contribution >= 4 is 52.9 Å². The molecule has 2 fully saturated rings. The molecule has 2 heterocycles. The summed E-state index contributed by atoms with van der Waals surface area (Å²) in [5.74, 6) is -5.87. The van der Waals surface area contributed by atoms with Crippen molar-refractivity contribution in [3.8, 4) is 0 Å². The van der Waals surface area contributed by atoms with E-state index in [0.717, 1.165) is 33.6 Å². The highest BCUT2D eigenvalue weighted by atomic mass is 19.1. The van der Waals surface area contributed by atoms with Gasteiger partial charge < -0.3 is 59.4 Å².